The topological polar surface area (TPSA) is 55.6 Å². The fourth-order valence-electron chi connectivity index (χ4n) is 2.34. The fraction of sp³-hybridized carbons (Fsp3) is 0.267. The number of alkyl halides is 3. The van der Waals surface area contributed by atoms with Crippen LogP contribution in [0, 0.1) is 5.82 Å². The van der Waals surface area contributed by atoms with Crippen LogP contribution in [-0.2, 0) is 19.6 Å². The summed E-state index contributed by atoms with van der Waals surface area (Å²) in [5.41, 5.74) is -0.0876. The molecule has 0 radical (unpaired) electrons. The van der Waals surface area contributed by atoms with Crippen molar-refractivity contribution in [1.82, 2.24) is 19.5 Å². The molecule has 0 saturated heterocycles. The van der Waals surface area contributed by atoms with E-state index in [1.165, 1.54) is 6.07 Å². The third-order valence-corrected chi connectivity index (χ3v) is 3.53. The molecule has 3 rings (SSSR count). The third-order valence-electron chi connectivity index (χ3n) is 3.53. The lowest BCUT2D eigenvalue weighted by Gasteiger charge is -2.08. The number of benzene rings is 1. The summed E-state index contributed by atoms with van der Waals surface area (Å²) >= 11 is 0. The number of aryl methyl sites for hydroxylation is 1. The van der Waals surface area contributed by atoms with Crippen LogP contribution in [-0.4, -0.2) is 26.1 Å². The Labute approximate surface area is 134 Å². The second kappa shape index (κ2) is 6.06. The lowest BCUT2D eigenvalue weighted by atomic mass is 10.3. The molecule has 2 heterocycles. The smallest absolute Gasteiger partial charge is 0.354 e. The molecule has 0 aliphatic heterocycles. The van der Waals surface area contributed by atoms with Gasteiger partial charge < -0.3 is 9.88 Å². The maximum Gasteiger partial charge on any atom is 0.433 e. The van der Waals surface area contributed by atoms with Gasteiger partial charge in [-0.25, -0.2) is 19.3 Å². The van der Waals surface area contributed by atoms with E-state index in [4.69, 9.17) is 0 Å². The SMILES string of the molecule is Cn1c(CCNc2nccc(C(F)(F)F)n2)nc2c(F)cccc21. The van der Waals surface area contributed by atoms with Gasteiger partial charge in [-0.1, -0.05) is 6.07 Å². The van der Waals surface area contributed by atoms with E-state index in [0.717, 1.165) is 12.3 Å². The molecule has 3 aromatic rings. The first kappa shape index (κ1) is 16.2. The number of aromatic nitrogens is 4. The quantitative estimate of drug-likeness (QED) is 0.742. The van der Waals surface area contributed by atoms with Gasteiger partial charge in [0.1, 0.15) is 17.0 Å². The maximum absolute atomic E-state index is 13.7. The summed E-state index contributed by atoms with van der Waals surface area (Å²) in [5.74, 6) is 0.0767. The van der Waals surface area contributed by atoms with Crippen molar-refractivity contribution in [2.45, 2.75) is 12.6 Å². The highest BCUT2D eigenvalue weighted by Gasteiger charge is 2.32. The maximum atomic E-state index is 13.7. The lowest BCUT2D eigenvalue weighted by molar-refractivity contribution is -0.141. The van der Waals surface area contributed by atoms with Crippen molar-refractivity contribution in [3.8, 4) is 0 Å². The predicted molar refractivity (Wildman–Crippen MR) is 79.9 cm³/mol. The fourth-order valence-corrected chi connectivity index (χ4v) is 2.34. The minimum absolute atomic E-state index is 0.116. The highest BCUT2D eigenvalue weighted by atomic mass is 19.4. The third kappa shape index (κ3) is 3.15. The molecule has 0 saturated carbocycles. The Morgan fingerprint density at radius 2 is 1.96 bits per heavy atom. The van der Waals surface area contributed by atoms with Crippen LogP contribution in [0.15, 0.2) is 30.5 Å². The zero-order valence-electron chi connectivity index (χ0n) is 12.6. The van der Waals surface area contributed by atoms with Crippen LogP contribution in [0.1, 0.15) is 11.5 Å². The summed E-state index contributed by atoms with van der Waals surface area (Å²) in [4.78, 5) is 11.4. The minimum atomic E-state index is -4.52. The number of hydrogen-bond acceptors (Lipinski definition) is 4. The van der Waals surface area contributed by atoms with Crippen molar-refractivity contribution in [1.29, 1.82) is 0 Å². The Bertz CT molecular complexity index is 872. The first-order valence-electron chi connectivity index (χ1n) is 7.10. The molecule has 0 amide bonds. The molecule has 2 aromatic heterocycles. The van der Waals surface area contributed by atoms with E-state index in [1.807, 2.05) is 0 Å². The molecular formula is C15H13F4N5. The van der Waals surface area contributed by atoms with Crippen LogP contribution in [0.4, 0.5) is 23.5 Å². The van der Waals surface area contributed by atoms with Crippen LogP contribution in [0.25, 0.3) is 11.0 Å². The number of nitrogens with one attached hydrogen (secondary N) is 1. The number of hydrogen-bond donors (Lipinski definition) is 1. The van der Waals surface area contributed by atoms with E-state index in [2.05, 4.69) is 20.3 Å². The molecule has 0 bridgehead atoms. The first-order chi connectivity index (χ1) is 11.4. The average molecular weight is 339 g/mol. The molecule has 0 atom stereocenters. The Kier molecular flexibility index (Phi) is 4.08. The Morgan fingerprint density at radius 3 is 2.67 bits per heavy atom. The van der Waals surface area contributed by atoms with Gasteiger partial charge in [0.2, 0.25) is 5.95 Å². The molecule has 1 aromatic carbocycles. The molecule has 24 heavy (non-hydrogen) atoms. The van der Waals surface area contributed by atoms with Gasteiger partial charge in [0.25, 0.3) is 0 Å². The van der Waals surface area contributed by atoms with Crippen molar-refractivity contribution >= 4 is 17.0 Å². The van der Waals surface area contributed by atoms with E-state index >= 15 is 0 Å². The average Bonchev–Trinajstić information content (AvgIpc) is 2.85. The monoisotopic (exact) mass is 339 g/mol. The van der Waals surface area contributed by atoms with Crippen molar-refractivity contribution < 1.29 is 17.6 Å². The number of nitrogens with zero attached hydrogens (tertiary/aromatic N) is 4. The Morgan fingerprint density at radius 1 is 1.17 bits per heavy atom. The second-order valence-electron chi connectivity index (χ2n) is 5.13. The lowest BCUT2D eigenvalue weighted by Crippen LogP contribution is -2.14. The number of para-hydroxylation sites is 1. The van der Waals surface area contributed by atoms with Gasteiger partial charge >= 0.3 is 6.18 Å². The second-order valence-corrected chi connectivity index (χ2v) is 5.13. The normalized spacial score (nSPS) is 11.9. The summed E-state index contributed by atoms with van der Waals surface area (Å²) in [6.45, 7) is 0.264. The molecule has 0 fully saturated rings. The van der Waals surface area contributed by atoms with Gasteiger partial charge in [-0.15, -0.1) is 0 Å². The highest BCUT2D eigenvalue weighted by Crippen LogP contribution is 2.27. The molecule has 0 aliphatic carbocycles. The number of rotatable bonds is 4. The zero-order valence-corrected chi connectivity index (χ0v) is 12.6. The summed E-state index contributed by atoms with van der Waals surface area (Å²) in [6, 6.07) is 5.48. The van der Waals surface area contributed by atoms with Gasteiger partial charge in [-0.2, -0.15) is 13.2 Å². The Balaban J connectivity index is 1.71. The minimum Gasteiger partial charge on any atom is -0.354 e. The van der Waals surface area contributed by atoms with E-state index in [0.29, 0.717) is 17.8 Å². The van der Waals surface area contributed by atoms with Crippen molar-refractivity contribution in [2.24, 2.45) is 7.05 Å². The standard InChI is InChI=1S/C15H13F4N5/c1-24-10-4-2-3-9(16)13(10)23-12(24)6-8-21-14-20-7-5-11(22-14)15(17,18)19/h2-5,7H,6,8H2,1H3,(H,20,21,22). The molecule has 0 spiro atoms. The Hall–Kier alpha value is -2.71. The van der Waals surface area contributed by atoms with Gasteiger partial charge in [0.15, 0.2) is 5.82 Å². The van der Waals surface area contributed by atoms with E-state index in [-0.39, 0.29) is 18.0 Å². The molecule has 1 N–H and O–H groups in total. The van der Waals surface area contributed by atoms with Gasteiger partial charge in [-0.05, 0) is 18.2 Å². The summed E-state index contributed by atoms with van der Waals surface area (Å²) in [6.07, 6.45) is -3.10. The van der Waals surface area contributed by atoms with Crippen LogP contribution >= 0.6 is 0 Å². The van der Waals surface area contributed by atoms with Crippen molar-refractivity contribution in [3.05, 3.63) is 47.8 Å². The van der Waals surface area contributed by atoms with E-state index in [9.17, 15) is 17.6 Å². The summed E-state index contributed by atoms with van der Waals surface area (Å²) < 4.78 is 53.2. The number of fused-ring (bicyclic) bond motifs is 1. The molecular weight excluding hydrogens is 326 g/mol. The number of imidazole rings is 1. The molecule has 5 nitrogen and oxygen atoms in total. The van der Waals surface area contributed by atoms with Crippen LogP contribution in [0.3, 0.4) is 0 Å². The summed E-state index contributed by atoms with van der Waals surface area (Å²) in [7, 11) is 1.75. The predicted octanol–water partition coefficient (Wildman–Crippen LogP) is 3.18. The number of halogens is 4. The van der Waals surface area contributed by atoms with E-state index < -0.39 is 17.7 Å². The molecule has 0 aliphatic rings. The van der Waals surface area contributed by atoms with E-state index in [1.54, 1.807) is 23.7 Å². The van der Waals surface area contributed by atoms with Crippen molar-refractivity contribution in [3.63, 3.8) is 0 Å². The van der Waals surface area contributed by atoms with Crippen LogP contribution in [0.2, 0.25) is 0 Å². The van der Waals surface area contributed by atoms with Gasteiger partial charge in [0.05, 0.1) is 5.52 Å². The van der Waals surface area contributed by atoms with Crippen LogP contribution < -0.4 is 5.32 Å². The van der Waals surface area contributed by atoms with Crippen molar-refractivity contribution in [2.75, 3.05) is 11.9 Å². The van der Waals surface area contributed by atoms with Crippen LogP contribution in [0.5, 0.6) is 0 Å². The molecule has 0 unspecified atom stereocenters. The summed E-state index contributed by atoms with van der Waals surface area (Å²) in [5, 5.41) is 2.72. The molecule has 126 valence electrons. The van der Waals surface area contributed by atoms with Gasteiger partial charge in [0, 0.05) is 26.2 Å². The number of anilines is 1. The highest BCUT2D eigenvalue weighted by molar-refractivity contribution is 5.76. The van der Waals surface area contributed by atoms with Gasteiger partial charge in [-0.3, -0.25) is 0 Å². The first-order valence-corrected chi connectivity index (χ1v) is 7.10. The molecule has 9 heteroatoms. The largest absolute Gasteiger partial charge is 0.433 e. The zero-order chi connectivity index (χ0) is 17.3.